The van der Waals surface area contributed by atoms with Crippen molar-refractivity contribution in [1.29, 1.82) is 0 Å². The minimum absolute atomic E-state index is 0. The first-order valence-corrected chi connectivity index (χ1v) is 4.14. The number of rotatable bonds is 4. The second-order valence-corrected chi connectivity index (χ2v) is 2.49. The average Bonchev–Trinajstić information content (AvgIpc) is 2.15. The minimum Gasteiger partial charge on any atom is -0.545 e. The fourth-order valence-corrected chi connectivity index (χ4v) is 0.289. The minimum atomic E-state index is -1.15. The number of carboxylic acids is 2. The zero-order valence-electron chi connectivity index (χ0n) is 9.17. The van der Waals surface area contributed by atoms with Crippen molar-refractivity contribution in [3.05, 3.63) is 24.3 Å². The molecule has 0 aromatic rings. The van der Waals surface area contributed by atoms with Crippen molar-refractivity contribution >= 4 is 11.9 Å². The Morgan fingerprint density at radius 1 is 0.933 bits per heavy atom. The summed E-state index contributed by atoms with van der Waals surface area (Å²) in [5, 5.41) is 19.4. The summed E-state index contributed by atoms with van der Waals surface area (Å²) in [6.45, 7) is 9.86. The summed E-state index contributed by atoms with van der Waals surface area (Å²) in [5.41, 5.74) is 0.306. The number of hydrogen-bond donors (Lipinski definition) is 0. The maximum Gasteiger partial charge on any atom is 2.00 e. The largest absolute Gasteiger partial charge is 2.00 e. The van der Waals surface area contributed by atoms with Gasteiger partial charge in [0.15, 0.2) is 0 Å². The summed E-state index contributed by atoms with van der Waals surface area (Å²) in [6.07, 6.45) is 0.921. The van der Waals surface area contributed by atoms with Gasteiger partial charge in [-0.2, -0.15) is 0 Å². The molecule has 0 bridgehead atoms. The van der Waals surface area contributed by atoms with Crippen LogP contribution in [0.1, 0.15) is 26.7 Å². The van der Waals surface area contributed by atoms with Gasteiger partial charge in [-0.1, -0.05) is 27.0 Å². The predicted octanol–water partition coefficient (Wildman–Crippen LogP) is -0.598. The summed E-state index contributed by atoms with van der Waals surface area (Å²) >= 11 is 0. The molecule has 0 aliphatic heterocycles. The summed E-state index contributed by atoms with van der Waals surface area (Å²) in [7, 11) is 0. The van der Waals surface area contributed by atoms with Crippen LogP contribution in [0.2, 0.25) is 0 Å². The van der Waals surface area contributed by atoms with E-state index in [0.717, 1.165) is 0 Å². The van der Waals surface area contributed by atoms with Gasteiger partial charge in [-0.3, -0.25) is 0 Å². The van der Waals surface area contributed by atoms with Crippen LogP contribution in [-0.2, 0) is 29.1 Å². The van der Waals surface area contributed by atoms with Gasteiger partial charge in [0.25, 0.3) is 0 Å². The van der Waals surface area contributed by atoms with Crippen LogP contribution in [0.25, 0.3) is 0 Å². The molecule has 0 N–H and O–H groups in total. The molecule has 0 radical (unpaired) electrons. The summed E-state index contributed by atoms with van der Waals surface area (Å²) < 4.78 is 0. The van der Waals surface area contributed by atoms with Crippen molar-refractivity contribution in [2.24, 2.45) is 0 Å². The van der Waals surface area contributed by atoms with Crippen molar-refractivity contribution in [2.45, 2.75) is 26.7 Å². The molecular weight excluding hydrogens is 249 g/mol. The van der Waals surface area contributed by atoms with Crippen LogP contribution in [0.15, 0.2) is 24.3 Å². The first kappa shape index (κ1) is 19.6. The van der Waals surface area contributed by atoms with Crippen LogP contribution in [-0.4, -0.2) is 11.9 Å². The standard InChI is InChI=1S/2C5H8O2.Zn/c2*1-3-4(2)5(6)7;/h2*2-3H2,1H3,(H,6,7);/q;;+2/p-2. The maximum atomic E-state index is 9.72. The van der Waals surface area contributed by atoms with Crippen LogP contribution in [0.4, 0.5) is 0 Å². The Morgan fingerprint density at radius 3 is 1.13 bits per heavy atom. The molecule has 0 aliphatic rings. The normalized spacial score (nSPS) is 7.60. The molecule has 0 atom stereocenters. The summed E-state index contributed by atoms with van der Waals surface area (Å²) in [5.74, 6) is -2.30. The van der Waals surface area contributed by atoms with Crippen LogP contribution in [0.5, 0.6) is 0 Å². The maximum absolute atomic E-state index is 9.72. The van der Waals surface area contributed by atoms with Gasteiger partial charge in [0, 0.05) is 0 Å². The number of carbonyl (C=O) groups is 2. The Bertz CT molecular complexity index is 220. The monoisotopic (exact) mass is 262 g/mol. The topological polar surface area (TPSA) is 80.3 Å². The molecular formula is C10H14O4Zn. The number of hydrogen-bond acceptors (Lipinski definition) is 4. The molecule has 15 heavy (non-hydrogen) atoms. The summed E-state index contributed by atoms with van der Waals surface area (Å²) in [6, 6.07) is 0. The van der Waals surface area contributed by atoms with E-state index in [2.05, 4.69) is 13.2 Å². The van der Waals surface area contributed by atoms with E-state index in [-0.39, 0.29) is 30.6 Å². The molecule has 0 spiro atoms. The van der Waals surface area contributed by atoms with Gasteiger partial charge in [-0.05, 0) is 24.0 Å². The smallest absolute Gasteiger partial charge is 0.545 e. The van der Waals surface area contributed by atoms with E-state index in [1.807, 2.05) is 0 Å². The molecule has 0 heterocycles. The van der Waals surface area contributed by atoms with E-state index < -0.39 is 11.9 Å². The van der Waals surface area contributed by atoms with Crippen LogP contribution in [0.3, 0.4) is 0 Å². The summed E-state index contributed by atoms with van der Waals surface area (Å²) in [4.78, 5) is 19.4. The zero-order valence-corrected chi connectivity index (χ0v) is 12.1. The van der Waals surface area contributed by atoms with Gasteiger partial charge in [-0.25, -0.2) is 0 Å². The molecule has 0 saturated carbocycles. The van der Waals surface area contributed by atoms with Crippen LogP contribution >= 0.6 is 0 Å². The second-order valence-electron chi connectivity index (χ2n) is 2.49. The Hall–Kier alpha value is -0.957. The van der Waals surface area contributed by atoms with Crippen LogP contribution < -0.4 is 10.2 Å². The number of carboxylic acid groups (broad SMARTS) is 2. The van der Waals surface area contributed by atoms with E-state index in [1.165, 1.54) is 0 Å². The molecule has 4 nitrogen and oxygen atoms in total. The quantitative estimate of drug-likeness (QED) is 0.501. The third-order valence-electron chi connectivity index (χ3n) is 1.43. The van der Waals surface area contributed by atoms with Crippen molar-refractivity contribution in [3.63, 3.8) is 0 Å². The molecule has 0 aliphatic carbocycles. The van der Waals surface area contributed by atoms with Crippen molar-refractivity contribution in [1.82, 2.24) is 0 Å². The van der Waals surface area contributed by atoms with E-state index in [9.17, 15) is 19.8 Å². The van der Waals surface area contributed by atoms with Gasteiger partial charge < -0.3 is 19.8 Å². The number of carbonyl (C=O) groups excluding carboxylic acids is 2. The van der Waals surface area contributed by atoms with Gasteiger partial charge in [-0.15, -0.1) is 0 Å². The molecule has 0 saturated heterocycles. The van der Waals surface area contributed by atoms with Gasteiger partial charge in [0.05, 0.1) is 11.9 Å². The Balaban J connectivity index is -0.000000180. The van der Waals surface area contributed by atoms with Crippen LogP contribution in [0, 0.1) is 0 Å². The molecule has 5 heteroatoms. The Morgan fingerprint density at radius 2 is 1.13 bits per heavy atom. The molecule has 0 aromatic carbocycles. The molecule has 0 amide bonds. The molecule has 80 valence electrons. The predicted molar refractivity (Wildman–Crippen MR) is 48.9 cm³/mol. The van der Waals surface area contributed by atoms with E-state index in [0.29, 0.717) is 12.8 Å². The third kappa shape index (κ3) is 13.0. The molecule has 0 aromatic heterocycles. The first-order valence-electron chi connectivity index (χ1n) is 4.14. The fraction of sp³-hybridized carbons (Fsp3) is 0.400. The zero-order chi connectivity index (χ0) is 11.7. The third-order valence-corrected chi connectivity index (χ3v) is 1.43. The SMILES string of the molecule is C=C(CC)C(=O)[O-].C=C(CC)C(=O)[O-].[Zn+2]. The van der Waals surface area contributed by atoms with Crippen molar-refractivity contribution in [3.8, 4) is 0 Å². The fourth-order valence-electron chi connectivity index (χ4n) is 0.289. The van der Waals surface area contributed by atoms with Crippen molar-refractivity contribution < 1.29 is 39.3 Å². The van der Waals surface area contributed by atoms with E-state index in [1.54, 1.807) is 13.8 Å². The Labute approximate surface area is 102 Å². The van der Waals surface area contributed by atoms with Gasteiger partial charge in [0.1, 0.15) is 0 Å². The van der Waals surface area contributed by atoms with E-state index >= 15 is 0 Å². The van der Waals surface area contributed by atoms with E-state index in [4.69, 9.17) is 0 Å². The number of aliphatic carboxylic acids is 2. The van der Waals surface area contributed by atoms with Crippen molar-refractivity contribution in [2.75, 3.05) is 0 Å². The Kier molecular flexibility index (Phi) is 14.5. The first-order chi connectivity index (χ1) is 6.36. The second kappa shape index (κ2) is 11.1. The average molecular weight is 264 g/mol. The van der Waals surface area contributed by atoms with Gasteiger partial charge in [0.2, 0.25) is 0 Å². The molecule has 0 fully saturated rings. The molecule has 0 unspecified atom stereocenters. The van der Waals surface area contributed by atoms with Gasteiger partial charge >= 0.3 is 19.5 Å². The molecule has 0 rings (SSSR count).